The van der Waals surface area contributed by atoms with E-state index in [1.165, 1.54) is 0 Å². The number of carbonyl (C=O) groups excluding carboxylic acids is 1. The van der Waals surface area contributed by atoms with Crippen molar-refractivity contribution in [3.63, 3.8) is 0 Å². The zero-order chi connectivity index (χ0) is 16.8. The second kappa shape index (κ2) is 8.04. The zero-order valence-electron chi connectivity index (χ0n) is 13.4. The minimum absolute atomic E-state index is 0.216. The van der Waals surface area contributed by atoms with E-state index in [9.17, 15) is 4.79 Å². The molecule has 0 aliphatic rings. The van der Waals surface area contributed by atoms with E-state index in [1.54, 1.807) is 37.4 Å². The van der Waals surface area contributed by atoms with Crippen LogP contribution in [0.15, 0.2) is 34.7 Å². The van der Waals surface area contributed by atoms with Crippen molar-refractivity contribution in [1.82, 2.24) is 0 Å². The van der Waals surface area contributed by atoms with Crippen molar-refractivity contribution in [2.24, 2.45) is 5.92 Å². The van der Waals surface area contributed by atoms with E-state index in [0.717, 1.165) is 0 Å². The molecule has 0 radical (unpaired) electrons. The number of halogens is 1. The summed E-state index contributed by atoms with van der Waals surface area (Å²) in [6.45, 7) is 5.02. The Balaban J connectivity index is 2.01. The van der Waals surface area contributed by atoms with Gasteiger partial charge in [0.25, 0.3) is 5.91 Å². The Labute approximate surface area is 140 Å². The van der Waals surface area contributed by atoms with Crippen molar-refractivity contribution in [3.8, 4) is 5.75 Å². The topological polar surface area (TPSA) is 60.7 Å². The third-order valence-electron chi connectivity index (χ3n) is 2.93. The summed E-state index contributed by atoms with van der Waals surface area (Å²) in [5, 5.41) is 3.18. The molecule has 23 heavy (non-hydrogen) atoms. The number of methoxy groups -OCH3 is 1. The quantitative estimate of drug-likeness (QED) is 0.815. The number of amides is 1. The molecule has 0 aliphatic heterocycles. The summed E-state index contributed by atoms with van der Waals surface area (Å²) in [5.74, 6) is 1.46. The standard InChI is InChI=1S/C17H20ClNO4/c1-11(2)9-22-15-6-4-12(8-14(15)18)19-17(20)16-7-5-13(23-16)10-21-3/h4-8,11H,9-10H2,1-3H3,(H,19,20). The van der Waals surface area contributed by atoms with Gasteiger partial charge in [0.2, 0.25) is 0 Å². The second-order valence-corrected chi connectivity index (χ2v) is 5.91. The van der Waals surface area contributed by atoms with E-state index in [-0.39, 0.29) is 11.7 Å². The molecular formula is C17H20ClNO4. The number of hydrogen-bond acceptors (Lipinski definition) is 4. The number of anilines is 1. The molecule has 0 bridgehead atoms. The summed E-state index contributed by atoms with van der Waals surface area (Å²) in [5.41, 5.74) is 0.571. The second-order valence-electron chi connectivity index (χ2n) is 5.50. The first kappa shape index (κ1) is 17.4. The number of rotatable bonds is 7. The fraction of sp³-hybridized carbons (Fsp3) is 0.353. The summed E-state index contributed by atoms with van der Waals surface area (Å²) in [4.78, 5) is 12.1. The maximum Gasteiger partial charge on any atom is 0.291 e. The van der Waals surface area contributed by atoms with Crippen LogP contribution >= 0.6 is 11.6 Å². The predicted octanol–water partition coefficient (Wildman–Crippen LogP) is 4.37. The van der Waals surface area contributed by atoms with Crippen molar-refractivity contribution in [2.75, 3.05) is 19.0 Å². The van der Waals surface area contributed by atoms with Gasteiger partial charge in [0, 0.05) is 12.8 Å². The molecule has 124 valence electrons. The van der Waals surface area contributed by atoms with E-state index in [0.29, 0.717) is 41.4 Å². The molecule has 0 atom stereocenters. The Morgan fingerprint density at radius 2 is 2.09 bits per heavy atom. The van der Waals surface area contributed by atoms with Crippen LogP contribution in [-0.4, -0.2) is 19.6 Å². The van der Waals surface area contributed by atoms with E-state index in [2.05, 4.69) is 19.2 Å². The highest BCUT2D eigenvalue weighted by atomic mass is 35.5. The molecule has 6 heteroatoms. The smallest absolute Gasteiger partial charge is 0.291 e. The van der Waals surface area contributed by atoms with Crippen LogP contribution in [0.2, 0.25) is 5.02 Å². The van der Waals surface area contributed by atoms with Crippen molar-refractivity contribution < 1.29 is 18.7 Å². The monoisotopic (exact) mass is 337 g/mol. The molecule has 0 aliphatic carbocycles. The van der Waals surface area contributed by atoms with Crippen LogP contribution in [0, 0.1) is 5.92 Å². The molecule has 0 saturated heterocycles. The molecule has 0 unspecified atom stereocenters. The van der Waals surface area contributed by atoms with Crippen LogP contribution in [0.3, 0.4) is 0 Å². The zero-order valence-corrected chi connectivity index (χ0v) is 14.1. The van der Waals surface area contributed by atoms with E-state index < -0.39 is 0 Å². The molecule has 1 N–H and O–H groups in total. The number of nitrogens with one attached hydrogen (secondary N) is 1. The molecule has 0 spiro atoms. The molecule has 1 aromatic carbocycles. The van der Waals surface area contributed by atoms with Crippen molar-refractivity contribution in [2.45, 2.75) is 20.5 Å². The predicted molar refractivity (Wildman–Crippen MR) is 89.2 cm³/mol. The maximum atomic E-state index is 12.1. The molecule has 1 aromatic heterocycles. The molecule has 2 rings (SSSR count). The fourth-order valence-corrected chi connectivity index (χ4v) is 2.10. The van der Waals surface area contributed by atoms with Gasteiger partial charge in [-0.1, -0.05) is 25.4 Å². The lowest BCUT2D eigenvalue weighted by Gasteiger charge is -2.11. The first-order valence-electron chi connectivity index (χ1n) is 7.31. The average molecular weight is 338 g/mol. The molecule has 5 nitrogen and oxygen atoms in total. The third-order valence-corrected chi connectivity index (χ3v) is 3.23. The van der Waals surface area contributed by atoms with Crippen LogP contribution in [0.25, 0.3) is 0 Å². The van der Waals surface area contributed by atoms with Gasteiger partial charge in [0.1, 0.15) is 18.1 Å². The minimum atomic E-state index is -0.348. The van der Waals surface area contributed by atoms with Gasteiger partial charge < -0.3 is 19.2 Å². The Morgan fingerprint density at radius 1 is 1.30 bits per heavy atom. The highest BCUT2D eigenvalue weighted by Crippen LogP contribution is 2.28. The summed E-state index contributed by atoms with van der Waals surface area (Å²) in [6, 6.07) is 8.42. The lowest BCUT2D eigenvalue weighted by molar-refractivity contribution is 0.0987. The Hall–Kier alpha value is -1.98. The van der Waals surface area contributed by atoms with Crippen LogP contribution in [0.1, 0.15) is 30.2 Å². The minimum Gasteiger partial charge on any atom is -0.492 e. The lowest BCUT2D eigenvalue weighted by Crippen LogP contribution is -2.11. The largest absolute Gasteiger partial charge is 0.492 e. The van der Waals surface area contributed by atoms with Crippen LogP contribution in [0.5, 0.6) is 5.75 Å². The van der Waals surface area contributed by atoms with E-state index >= 15 is 0 Å². The first-order chi connectivity index (χ1) is 11.0. The molecule has 2 aromatic rings. The van der Waals surface area contributed by atoms with Gasteiger partial charge in [-0.3, -0.25) is 4.79 Å². The van der Waals surface area contributed by atoms with Crippen molar-refractivity contribution >= 4 is 23.2 Å². The first-order valence-corrected chi connectivity index (χ1v) is 7.68. The number of benzene rings is 1. The summed E-state index contributed by atoms with van der Waals surface area (Å²) in [6.07, 6.45) is 0. The number of ether oxygens (including phenoxy) is 2. The molecular weight excluding hydrogens is 318 g/mol. The Bertz CT molecular complexity index is 666. The SMILES string of the molecule is COCc1ccc(C(=O)Nc2ccc(OCC(C)C)c(Cl)c2)o1. The maximum absolute atomic E-state index is 12.1. The Morgan fingerprint density at radius 3 is 2.74 bits per heavy atom. The molecule has 0 saturated carbocycles. The fourth-order valence-electron chi connectivity index (χ4n) is 1.86. The third kappa shape index (κ3) is 5.01. The average Bonchev–Trinajstić information content (AvgIpc) is 2.95. The van der Waals surface area contributed by atoms with Crippen LogP contribution in [0.4, 0.5) is 5.69 Å². The van der Waals surface area contributed by atoms with Crippen molar-refractivity contribution in [1.29, 1.82) is 0 Å². The summed E-state index contributed by atoms with van der Waals surface area (Å²) in [7, 11) is 1.56. The van der Waals surface area contributed by atoms with E-state index in [1.807, 2.05) is 0 Å². The van der Waals surface area contributed by atoms with Gasteiger partial charge in [0.15, 0.2) is 5.76 Å². The molecule has 1 amide bonds. The van der Waals surface area contributed by atoms with Gasteiger partial charge >= 0.3 is 0 Å². The van der Waals surface area contributed by atoms with Gasteiger partial charge in [-0.05, 0) is 36.2 Å². The number of furan rings is 1. The van der Waals surface area contributed by atoms with E-state index in [4.69, 9.17) is 25.5 Å². The van der Waals surface area contributed by atoms with Gasteiger partial charge in [-0.25, -0.2) is 0 Å². The number of carbonyl (C=O) groups is 1. The highest BCUT2D eigenvalue weighted by Gasteiger charge is 2.12. The summed E-state index contributed by atoms with van der Waals surface area (Å²) < 4.78 is 15.9. The van der Waals surface area contributed by atoms with Gasteiger partial charge in [0.05, 0.1) is 11.6 Å². The van der Waals surface area contributed by atoms with Crippen LogP contribution in [-0.2, 0) is 11.3 Å². The normalized spacial score (nSPS) is 10.8. The lowest BCUT2D eigenvalue weighted by atomic mass is 10.2. The summed E-state index contributed by atoms with van der Waals surface area (Å²) >= 11 is 6.17. The Kier molecular flexibility index (Phi) is 6.07. The van der Waals surface area contributed by atoms with Crippen LogP contribution < -0.4 is 10.1 Å². The van der Waals surface area contributed by atoms with Gasteiger partial charge in [-0.15, -0.1) is 0 Å². The number of hydrogen-bond donors (Lipinski definition) is 1. The van der Waals surface area contributed by atoms with Gasteiger partial charge in [-0.2, -0.15) is 0 Å². The molecule has 0 fully saturated rings. The van der Waals surface area contributed by atoms with Crippen molar-refractivity contribution in [3.05, 3.63) is 46.9 Å². The molecule has 1 heterocycles. The highest BCUT2D eigenvalue weighted by molar-refractivity contribution is 6.32.